The molecule has 2 heterocycles. The second kappa shape index (κ2) is 16.1. The molecule has 6 rings (SSSR count). The third kappa shape index (κ3) is 8.53. The third-order valence-electron chi connectivity index (χ3n) is 10.0. The van der Waals surface area contributed by atoms with Crippen molar-refractivity contribution in [3.63, 3.8) is 0 Å². The number of hydrogen-bond acceptors (Lipinski definition) is 7. The topological polar surface area (TPSA) is 144 Å². The average molecular weight is 686 g/mol. The number of amides is 1. The van der Waals surface area contributed by atoms with Gasteiger partial charge in [0.05, 0.1) is 23.7 Å². The molecule has 1 aliphatic rings. The number of nitrogens with one attached hydrogen (secondary N) is 1. The minimum Gasteiger partial charge on any atom is -0.465 e. The van der Waals surface area contributed by atoms with Gasteiger partial charge in [-0.2, -0.15) is 0 Å². The highest BCUT2D eigenvalue weighted by atomic mass is 16.5. The molecular weight excluding hydrogens is 638 g/mol. The number of benzene rings is 4. The van der Waals surface area contributed by atoms with Crippen LogP contribution in [0.2, 0.25) is 0 Å². The Hall–Kier alpha value is -5.32. The summed E-state index contributed by atoms with van der Waals surface area (Å²) in [5.74, 6) is 0.548. The maximum atomic E-state index is 14.3. The van der Waals surface area contributed by atoms with E-state index >= 15 is 0 Å². The number of carbonyl (C=O) groups is 2. The lowest BCUT2D eigenvalue weighted by Gasteiger charge is -2.24. The summed E-state index contributed by atoms with van der Waals surface area (Å²) in [6.45, 7) is 3.19. The van der Waals surface area contributed by atoms with Crippen LogP contribution in [0.3, 0.4) is 0 Å². The van der Waals surface area contributed by atoms with Gasteiger partial charge in [0.15, 0.2) is 0 Å². The van der Waals surface area contributed by atoms with Gasteiger partial charge in [-0.3, -0.25) is 10.2 Å². The lowest BCUT2D eigenvalue weighted by molar-refractivity contribution is 0.0600. The Bertz CT molecular complexity index is 1990. The zero-order valence-corrected chi connectivity index (χ0v) is 29.5. The first-order valence-corrected chi connectivity index (χ1v) is 17.6. The van der Waals surface area contributed by atoms with Crippen LogP contribution < -0.4 is 11.5 Å². The number of fused-ring (bicyclic) bond motifs is 1. The van der Waals surface area contributed by atoms with Gasteiger partial charge in [0.1, 0.15) is 11.7 Å². The van der Waals surface area contributed by atoms with Crippen molar-refractivity contribution < 1.29 is 14.3 Å². The summed E-state index contributed by atoms with van der Waals surface area (Å²) in [6, 6.07) is 29.4. The molecule has 264 valence electrons. The standard InChI is InChI=1S/C41H47N7O3/c1-46-22-3-4-35(46)21-23-48-37-19-18-34(24-36(37)45-38(48)20-13-28-9-14-32(15-10-28)39(43)44)40(49)47(26-30-7-5-29(25-42)6-8-30)27-31-11-16-33(17-12-31)41(50)51-2/h5-12,14-19,24,35H,3-4,13,20-23,25-27,42H2,1-2H3,(H3,43,44). The number of nitrogens with two attached hydrogens (primary N) is 2. The van der Waals surface area contributed by atoms with Crippen LogP contribution in [0, 0.1) is 5.41 Å². The Morgan fingerprint density at radius 1 is 0.863 bits per heavy atom. The van der Waals surface area contributed by atoms with E-state index in [4.69, 9.17) is 26.6 Å². The van der Waals surface area contributed by atoms with Gasteiger partial charge in [0.25, 0.3) is 5.91 Å². The van der Waals surface area contributed by atoms with Gasteiger partial charge in [-0.1, -0.05) is 60.7 Å². The van der Waals surface area contributed by atoms with Gasteiger partial charge in [-0.15, -0.1) is 0 Å². The van der Waals surface area contributed by atoms with Crippen molar-refractivity contribution in [1.29, 1.82) is 5.41 Å². The number of nitrogen functional groups attached to an aromatic ring is 1. The van der Waals surface area contributed by atoms with Gasteiger partial charge in [0.2, 0.25) is 0 Å². The van der Waals surface area contributed by atoms with Gasteiger partial charge < -0.3 is 30.6 Å². The predicted octanol–water partition coefficient (Wildman–Crippen LogP) is 5.68. The molecule has 51 heavy (non-hydrogen) atoms. The van der Waals surface area contributed by atoms with Crippen molar-refractivity contribution in [2.75, 3.05) is 20.7 Å². The summed E-state index contributed by atoms with van der Waals surface area (Å²) in [5.41, 5.74) is 19.1. The second-order valence-electron chi connectivity index (χ2n) is 13.4. The Balaban J connectivity index is 1.29. The van der Waals surface area contributed by atoms with Crippen LogP contribution in [0.4, 0.5) is 0 Å². The Kier molecular flexibility index (Phi) is 11.2. The zero-order chi connectivity index (χ0) is 35.9. The van der Waals surface area contributed by atoms with E-state index in [0.29, 0.717) is 42.4 Å². The van der Waals surface area contributed by atoms with E-state index in [1.165, 1.54) is 20.0 Å². The molecule has 5 N–H and O–H groups in total. The summed E-state index contributed by atoms with van der Waals surface area (Å²) in [5, 5.41) is 7.71. The van der Waals surface area contributed by atoms with Gasteiger partial charge in [0, 0.05) is 49.8 Å². The van der Waals surface area contributed by atoms with Crippen molar-refractivity contribution in [2.45, 2.75) is 64.3 Å². The molecule has 10 nitrogen and oxygen atoms in total. The summed E-state index contributed by atoms with van der Waals surface area (Å²) in [7, 11) is 3.57. The maximum Gasteiger partial charge on any atom is 0.337 e. The third-order valence-corrected chi connectivity index (χ3v) is 10.0. The first-order valence-electron chi connectivity index (χ1n) is 17.6. The van der Waals surface area contributed by atoms with E-state index < -0.39 is 5.97 Å². The number of nitrogens with zero attached hydrogens (tertiary/aromatic N) is 4. The van der Waals surface area contributed by atoms with E-state index in [9.17, 15) is 9.59 Å². The Labute approximate surface area is 299 Å². The molecule has 1 saturated heterocycles. The van der Waals surface area contributed by atoms with E-state index in [1.54, 1.807) is 12.1 Å². The number of imidazole rings is 1. The van der Waals surface area contributed by atoms with E-state index in [0.717, 1.165) is 71.5 Å². The number of likely N-dealkylation sites (tertiary alicyclic amines) is 1. The van der Waals surface area contributed by atoms with Crippen LogP contribution in [-0.2, 0) is 43.8 Å². The fraction of sp³-hybridized carbons (Fsp3) is 0.317. The van der Waals surface area contributed by atoms with Gasteiger partial charge >= 0.3 is 5.97 Å². The zero-order valence-electron chi connectivity index (χ0n) is 29.5. The first kappa shape index (κ1) is 35.5. The molecule has 5 aromatic rings. The molecule has 0 saturated carbocycles. The summed E-state index contributed by atoms with van der Waals surface area (Å²) < 4.78 is 7.19. The lowest BCUT2D eigenvalue weighted by atomic mass is 10.1. The molecule has 0 spiro atoms. The normalized spacial score (nSPS) is 14.5. The smallest absolute Gasteiger partial charge is 0.337 e. The molecule has 1 aromatic heterocycles. The van der Waals surface area contributed by atoms with Crippen molar-refractivity contribution in [3.8, 4) is 0 Å². The van der Waals surface area contributed by atoms with Gasteiger partial charge in [-0.05, 0) is 91.9 Å². The molecule has 1 atom stereocenters. The highest BCUT2D eigenvalue weighted by Crippen LogP contribution is 2.25. The van der Waals surface area contributed by atoms with Crippen molar-refractivity contribution in [1.82, 2.24) is 19.4 Å². The molecule has 0 bridgehead atoms. The number of ether oxygens (including phenoxy) is 1. The number of carbonyl (C=O) groups excluding carboxylic acids is 2. The predicted molar refractivity (Wildman–Crippen MR) is 201 cm³/mol. The summed E-state index contributed by atoms with van der Waals surface area (Å²) in [4.78, 5) is 35.7. The maximum absolute atomic E-state index is 14.3. The molecule has 10 heteroatoms. The Morgan fingerprint density at radius 2 is 1.47 bits per heavy atom. The number of rotatable bonds is 14. The average Bonchev–Trinajstić information content (AvgIpc) is 3.74. The highest BCUT2D eigenvalue weighted by molar-refractivity contribution is 5.97. The summed E-state index contributed by atoms with van der Waals surface area (Å²) in [6.07, 6.45) is 5.00. The number of amidine groups is 1. The Morgan fingerprint density at radius 3 is 2.08 bits per heavy atom. The van der Waals surface area contributed by atoms with Crippen LogP contribution in [0.5, 0.6) is 0 Å². The van der Waals surface area contributed by atoms with Crippen molar-refractivity contribution in [3.05, 3.63) is 136 Å². The fourth-order valence-corrected chi connectivity index (χ4v) is 6.95. The number of methoxy groups -OCH3 is 1. The molecule has 1 amide bonds. The largest absolute Gasteiger partial charge is 0.465 e. The molecule has 4 aromatic carbocycles. The molecule has 0 radical (unpaired) electrons. The highest BCUT2D eigenvalue weighted by Gasteiger charge is 2.23. The monoisotopic (exact) mass is 685 g/mol. The fourth-order valence-electron chi connectivity index (χ4n) is 6.95. The van der Waals surface area contributed by atoms with Crippen molar-refractivity contribution >= 4 is 28.7 Å². The lowest BCUT2D eigenvalue weighted by Crippen LogP contribution is -2.30. The minimum absolute atomic E-state index is 0.0603. The minimum atomic E-state index is -0.400. The number of esters is 1. The van der Waals surface area contributed by atoms with Crippen molar-refractivity contribution in [2.24, 2.45) is 11.5 Å². The van der Waals surface area contributed by atoms with Crippen LogP contribution in [-0.4, -0.2) is 63.8 Å². The van der Waals surface area contributed by atoms with Crippen LogP contribution in [0.25, 0.3) is 11.0 Å². The molecular formula is C41H47N7O3. The summed E-state index contributed by atoms with van der Waals surface area (Å²) >= 11 is 0. The van der Waals surface area contributed by atoms with Crippen LogP contribution >= 0.6 is 0 Å². The number of aromatic nitrogens is 2. The van der Waals surface area contributed by atoms with Crippen LogP contribution in [0.1, 0.15) is 73.6 Å². The molecule has 1 aliphatic heterocycles. The molecule has 1 fully saturated rings. The first-order chi connectivity index (χ1) is 24.7. The van der Waals surface area contributed by atoms with E-state index in [2.05, 4.69) is 16.5 Å². The SMILES string of the molecule is COC(=O)c1ccc(CN(Cc2ccc(CN)cc2)C(=O)c2ccc3c(c2)nc(CCc2ccc(C(=N)N)cc2)n3CCC2CCCN2C)cc1. The van der Waals surface area contributed by atoms with E-state index in [-0.39, 0.29) is 11.7 Å². The number of aryl methyl sites for hydroxylation is 3. The van der Waals surface area contributed by atoms with Gasteiger partial charge in [-0.25, -0.2) is 9.78 Å². The number of hydrogen-bond donors (Lipinski definition) is 3. The van der Waals surface area contributed by atoms with Crippen LogP contribution in [0.15, 0.2) is 91.0 Å². The second-order valence-corrected chi connectivity index (χ2v) is 13.4. The van der Waals surface area contributed by atoms with E-state index in [1.807, 2.05) is 83.8 Å². The molecule has 1 unspecified atom stereocenters. The quantitative estimate of drug-likeness (QED) is 0.0776. The molecule has 0 aliphatic carbocycles.